The van der Waals surface area contributed by atoms with Gasteiger partial charge in [0.05, 0.1) is 29.9 Å². The van der Waals surface area contributed by atoms with Crippen molar-refractivity contribution in [2.75, 3.05) is 32.0 Å². The highest BCUT2D eigenvalue weighted by atomic mass is 16.5. The van der Waals surface area contributed by atoms with Gasteiger partial charge in [0.25, 0.3) is 5.91 Å². The van der Waals surface area contributed by atoms with E-state index in [1.54, 1.807) is 23.2 Å². The molecule has 1 aliphatic rings. The normalized spacial score (nSPS) is 15.2. The summed E-state index contributed by atoms with van der Waals surface area (Å²) in [7, 11) is 0. The van der Waals surface area contributed by atoms with E-state index in [9.17, 15) is 4.79 Å². The predicted octanol–water partition coefficient (Wildman–Crippen LogP) is 1.01. The van der Waals surface area contributed by atoms with E-state index in [0.29, 0.717) is 54.6 Å². The van der Waals surface area contributed by atoms with Crippen molar-refractivity contribution in [1.82, 2.24) is 25.1 Å². The maximum Gasteiger partial charge on any atom is 0.254 e. The molecule has 0 unspecified atom stereocenters. The van der Waals surface area contributed by atoms with Crippen molar-refractivity contribution in [1.29, 1.82) is 0 Å². The summed E-state index contributed by atoms with van der Waals surface area (Å²) < 4.78 is 5.28. The molecule has 8 nitrogen and oxygen atoms in total. The molecule has 1 amide bonds. The molecule has 8 heteroatoms. The molecule has 0 radical (unpaired) electrons. The van der Waals surface area contributed by atoms with Crippen molar-refractivity contribution >= 4 is 22.6 Å². The average Bonchev–Trinajstić information content (AvgIpc) is 3.19. The maximum absolute atomic E-state index is 12.5. The van der Waals surface area contributed by atoms with Crippen molar-refractivity contribution < 1.29 is 9.53 Å². The van der Waals surface area contributed by atoms with Crippen LogP contribution in [-0.4, -0.2) is 57.3 Å². The summed E-state index contributed by atoms with van der Waals surface area (Å²) in [4.78, 5) is 22.0. The molecule has 0 aliphatic carbocycles. The van der Waals surface area contributed by atoms with E-state index in [-0.39, 0.29) is 5.91 Å². The standard InChI is InChI=1S/C15H16N6O2/c16-10-8-17-20-13(10)14-18-11-2-1-9(7-12(11)19-14)15(22)21-3-5-23-6-4-21/h1-2,7-8H,3-6,16H2,(H,17,20)(H,18,19). The Bertz CT molecular complexity index is 862. The number of fused-ring (bicyclic) bond motifs is 1. The molecule has 0 bridgehead atoms. The number of hydrogen-bond donors (Lipinski definition) is 3. The molecule has 0 atom stereocenters. The number of aromatic nitrogens is 4. The number of nitrogen functional groups attached to an aromatic ring is 1. The van der Waals surface area contributed by atoms with Gasteiger partial charge in [-0.05, 0) is 18.2 Å². The molecule has 1 saturated heterocycles. The average molecular weight is 312 g/mol. The molecule has 1 aromatic carbocycles. The van der Waals surface area contributed by atoms with Crippen LogP contribution in [0.4, 0.5) is 5.69 Å². The fourth-order valence-corrected chi connectivity index (χ4v) is 2.69. The van der Waals surface area contributed by atoms with Crippen LogP contribution in [0.2, 0.25) is 0 Å². The molecule has 3 heterocycles. The van der Waals surface area contributed by atoms with Gasteiger partial charge in [-0.25, -0.2) is 4.98 Å². The molecule has 3 aromatic rings. The largest absolute Gasteiger partial charge is 0.396 e. The molecular weight excluding hydrogens is 296 g/mol. The third-order valence-electron chi connectivity index (χ3n) is 3.92. The molecule has 1 aliphatic heterocycles. The van der Waals surface area contributed by atoms with Gasteiger partial charge in [-0.1, -0.05) is 0 Å². The summed E-state index contributed by atoms with van der Waals surface area (Å²) in [5.74, 6) is 0.578. The first-order chi connectivity index (χ1) is 11.2. The Kier molecular flexibility index (Phi) is 3.23. The monoisotopic (exact) mass is 312 g/mol. The van der Waals surface area contributed by atoms with Crippen LogP contribution < -0.4 is 5.73 Å². The van der Waals surface area contributed by atoms with Gasteiger partial charge in [-0.15, -0.1) is 0 Å². The molecule has 4 rings (SSSR count). The van der Waals surface area contributed by atoms with Crippen LogP contribution >= 0.6 is 0 Å². The minimum absolute atomic E-state index is 0.000895. The van der Waals surface area contributed by atoms with Crippen LogP contribution in [0.25, 0.3) is 22.6 Å². The zero-order chi connectivity index (χ0) is 15.8. The number of imidazole rings is 1. The van der Waals surface area contributed by atoms with Crippen LogP contribution in [0.15, 0.2) is 24.4 Å². The van der Waals surface area contributed by atoms with Gasteiger partial charge in [0.15, 0.2) is 11.5 Å². The van der Waals surface area contributed by atoms with Crippen LogP contribution in [0.3, 0.4) is 0 Å². The van der Waals surface area contributed by atoms with Crippen molar-refractivity contribution in [3.8, 4) is 11.5 Å². The minimum atomic E-state index is -0.000895. The first-order valence-corrected chi connectivity index (χ1v) is 7.39. The Morgan fingerprint density at radius 2 is 2.13 bits per heavy atom. The molecule has 23 heavy (non-hydrogen) atoms. The van der Waals surface area contributed by atoms with Crippen molar-refractivity contribution in [3.05, 3.63) is 30.0 Å². The number of nitrogens with two attached hydrogens (primary N) is 1. The molecular formula is C15H16N6O2. The number of nitrogens with one attached hydrogen (secondary N) is 2. The van der Waals surface area contributed by atoms with E-state index in [0.717, 1.165) is 5.52 Å². The second kappa shape index (κ2) is 5.40. The van der Waals surface area contributed by atoms with E-state index in [4.69, 9.17) is 10.5 Å². The van der Waals surface area contributed by atoms with Crippen molar-refractivity contribution in [3.63, 3.8) is 0 Å². The van der Waals surface area contributed by atoms with E-state index < -0.39 is 0 Å². The minimum Gasteiger partial charge on any atom is -0.396 e. The van der Waals surface area contributed by atoms with Gasteiger partial charge in [-0.2, -0.15) is 5.10 Å². The first-order valence-electron chi connectivity index (χ1n) is 7.39. The fraction of sp³-hybridized carbons (Fsp3) is 0.267. The topological polar surface area (TPSA) is 113 Å². The molecule has 1 fully saturated rings. The number of aromatic amines is 2. The summed E-state index contributed by atoms with van der Waals surface area (Å²) in [5.41, 5.74) is 9.10. The number of anilines is 1. The number of H-pyrrole nitrogens is 2. The summed E-state index contributed by atoms with van der Waals surface area (Å²) in [6, 6.07) is 5.44. The molecule has 2 aromatic heterocycles. The number of ether oxygens (including phenoxy) is 1. The van der Waals surface area contributed by atoms with E-state index in [1.807, 2.05) is 6.07 Å². The van der Waals surface area contributed by atoms with E-state index >= 15 is 0 Å². The first kappa shape index (κ1) is 13.8. The third kappa shape index (κ3) is 2.42. The summed E-state index contributed by atoms with van der Waals surface area (Å²) in [6.07, 6.45) is 1.61. The lowest BCUT2D eigenvalue weighted by molar-refractivity contribution is 0.0303. The highest BCUT2D eigenvalue weighted by Crippen LogP contribution is 2.24. The second-order valence-electron chi connectivity index (χ2n) is 5.41. The Morgan fingerprint density at radius 1 is 1.30 bits per heavy atom. The SMILES string of the molecule is Nc1c[nH]nc1-c1nc2cc(C(=O)N3CCOCC3)ccc2[nH]1. The number of benzene rings is 1. The number of rotatable bonds is 2. The Hall–Kier alpha value is -2.87. The number of nitrogens with zero attached hydrogens (tertiary/aromatic N) is 3. The smallest absolute Gasteiger partial charge is 0.254 e. The van der Waals surface area contributed by atoms with Gasteiger partial charge in [-0.3, -0.25) is 9.89 Å². The molecule has 0 spiro atoms. The highest BCUT2D eigenvalue weighted by molar-refractivity contribution is 5.97. The van der Waals surface area contributed by atoms with Crippen LogP contribution in [0.1, 0.15) is 10.4 Å². The number of hydrogen-bond acceptors (Lipinski definition) is 5. The number of amides is 1. The van der Waals surface area contributed by atoms with Crippen molar-refractivity contribution in [2.45, 2.75) is 0 Å². The highest BCUT2D eigenvalue weighted by Gasteiger charge is 2.19. The molecule has 4 N–H and O–H groups in total. The third-order valence-corrected chi connectivity index (χ3v) is 3.92. The second-order valence-corrected chi connectivity index (χ2v) is 5.41. The zero-order valence-electron chi connectivity index (χ0n) is 12.4. The number of carbonyl (C=O) groups excluding carboxylic acids is 1. The number of morpholine rings is 1. The van der Waals surface area contributed by atoms with Crippen molar-refractivity contribution in [2.24, 2.45) is 0 Å². The quantitative estimate of drug-likeness (QED) is 0.653. The maximum atomic E-state index is 12.5. The van der Waals surface area contributed by atoms with Gasteiger partial charge >= 0.3 is 0 Å². The summed E-state index contributed by atoms with van der Waals surface area (Å²) >= 11 is 0. The Labute approximate surface area is 131 Å². The summed E-state index contributed by atoms with van der Waals surface area (Å²) in [5, 5.41) is 6.79. The Morgan fingerprint density at radius 3 is 2.87 bits per heavy atom. The van der Waals surface area contributed by atoms with Crippen LogP contribution in [0, 0.1) is 0 Å². The zero-order valence-corrected chi connectivity index (χ0v) is 12.4. The lowest BCUT2D eigenvalue weighted by Crippen LogP contribution is -2.40. The molecule has 0 saturated carbocycles. The van der Waals surface area contributed by atoms with E-state index in [2.05, 4.69) is 20.2 Å². The fourth-order valence-electron chi connectivity index (χ4n) is 2.69. The molecule has 118 valence electrons. The van der Waals surface area contributed by atoms with Gasteiger partial charge in [0.2, 0.25) is 0 Å². The van der Waals surface area contributed by atoms with Crippen LogP contribution in [-0.2, 0) is 4.74 Å². The lowest BCUT2D eigenvalue weighted by atomic mass is 10.1. The van der Waals surface area contributed by atoms with Gasteiger partial charge in [0, 0.05) is 24.8 Å². The van der Waals surface area contributed by atoms with E-state index in [1.165, 1.54) is 0 Å². The lowest BCUT2D eigenvalue weighted by Gasteiger charge is -2.26. The van der Waals surface area contributed by atoms with Gasteiger partial charge in [0.1, 0.15) is 0 Å². The Balaban J connectivity index is 1.68. The summed E-state index contributed by atoms with van der Waals surface area (Å²) in [6.45, 7) is 2.40. The van der Waals surface area contributed by atoms with Gasteiger partial charge < -0.3 is 20.4 Å². The van der Waals surface area contributed by atoms with Crippen LogP contribution in [0.5, 0.6) is 0 Å². The predicted molar refractivity (Wildman–Crippen MR) is 84.8 cm³/mol. The number of carbonyl (C=O) groups is 1.